The Labute approximate surface area is 137 Å². The number of rotatable bonds is 8. The van der Waals surface area contributed by atoms with Crippen LogP contribution in [0.2, 0.25) is 0 Å². The minimum atomic E-state index is -1.41. The Morgan fingerprint density at radius 3 is 2.45 bits per heavy atom. The Balaban J connectivity index is 2.35. The van der Waals surface area contributed by atoms with Gasteiger partial charge in [0.1, 0.15) is 29.9 Å². The van der Waals surface area contributed by atoms with E-state index in [0.29, 0.717) is 17.2 Å². The molecule has 0 aromatic carbocycles. The van der Waals surface area contributed by atoms with Crippen molar-refractivity contribution >= 4 is 27.6 Å². The van der Waals surface area contributed by atoms with E-state index in [1.165, 1.54) is 0 Å². The summed E-state index contributed by atoms with van der Waals surface area (Å²) < 4.78 is 16.2. The molecule has 1 rings (SSSR count). The van der Waals surface area contributed by atoms with Crippen molar-refractivity contribution in [2.45, 2.75) is 55.5 Å². The average molecular weight is 355 g/mol. The largest absolute Gasteiger partial charge is 0.394 e. The molecule has 6 atom stereocenters. The van der Waals surface area contributed by atoms with Crippen LogP contribution in [-0.2, 0) is 15.5 Å². The van der Waals surface area contributed by atoms with E-state index < -0.39 is 47.3 Å². The molecule has 1 fully saturated rings. The van der Waals surface area contributed by atoms with Gasteiger partial charge in [0.15, 0.2) is 0 Å². The lowest BCUT2D eigenvalue weighted by atomic mass is 10.0. The maximum atomic E-state index is 10.9. The summed E-state index contributed by atoms with van der Waals surface area (Å²) in [6, 6.07) is 0. The molecule has 0 aromatic rings. The molecule has 1 heterocycles. The summed E-state index contributed by atoms with van der Waals surface area (Å²) in [6.07, 6.45) is -0.364. The van der Waals surface area contributed by atoms with Crippen LogP contribution in [0, 0.1) is 5.41 Å². The molecule has 0 aromatic heterocycles. The highest BCUT2D eigenvalue weighted by atomic mass is 32.2. The minimum absolute atomic E-state index is 0.307. The maximum absolute atomic E-state index is 10.9. The summed E-state index contributed by atoms with van der Waals surface area (Å²) >= 11 is 0.987. The fourth-order valence-corrected chi connectivity index (χ4v) is 3.78. The Hall–Kier alpha value is -0.0300. The van der Waals surface area contributed by atoms with Gasteiger partial charge < -0.3 is 25.2 Å². The Bertz CT molecular complexity index is 382. The molecule has 0 aliphatic carbocycles. The first-order chi connectivity index (χ1) is 10.4. The molecule has 9 heteroatoms. The van der Waals surface area contributed by atoms with Crippen molar-refractivity contribution < 1.29 is 29.4 Å². The minimum Gasteiger partial charge on any atom is -0.394 e. The number of ether oxygens (including phenoxy) is 1. The van der Waals surface area contributed by atoms with Gasteiger partial charge in [-0.15, -0.1) is 0 Å². The van der Waals surface area contributed by atoms with E-state index in [1.807, 2.05) is 0 Å². The summed E-state index contributed by atoms with van der Waals surface area (Å²) in [5, 5.41) is 46.5. The molecule has 1 unspecified atom stereocenters. The predicted octanol–water partition coefficient (Wildman–Crippen LogP) is -0.564. The Morgan fingerprint density at radius 1 is 1.18 bits per heavy atom. The lowest BCUT2D eigenvalue weighted by molar-refractivity contribution is -0.205. The summed E-state index contributed by atoms with van der Waals surface area (Å²) in [6.45, 7) is -0.469. The number of aliphatic hydroxyl groups excluding tert-OH is 4. The standard InChI is InChI=1S/C13H25NO6S2/c1-22(19)6-4-2-3-5-9(14)21-13-12(18)11(17)10(16)8(7-15)20-13/h8,10-18H,2-7H2,1H3/t8-,10-,11+,12-,13+,22?/m1/s1. The first-order valence-corrected chi connectivity index (χ1v) is 9.82. The molecule has 1 aliphatic heterocycles. The summed E-state index contributed by atoms with van der Waals surface area (Å²) in [5.74, 6) is 0.660. The van der Waals surface area contributed by atoms with Crippen LogP contribution in [0.25, 0.3) is 0 Å². The highest BCUT2D eigenvalue weighted by molar-refractivity contribution is 8.14. The van der Waals surface area contributed by atoms with Crippen molar-refractivity contribution in [3.63, 3.8) is 0 Å². The van der Waals surface area contributed by atoms with Gasteiger partial charge in [-0.3, -0.25) is 9.62 Å². The molecule has 0 saturated carbocycles. The molecule has 1 saturated heterocycles. The van der Waals surface area contributed by atoms with Crippen molar-refractivity contribution in [3.05, 3.63) is 0 Å². The fraction of sp³-hybridized carbons (Fsp3) is 0.923. The Morgan fingerprint density at radius 2 is 1.86 bits per heavy atom. The molecule has 7 nitrogen and oxygen atoms in total. The van der Waals surface area contributed by atoms with Crippen LogP contribution < -0.4 is 0 Å². The van der Waals surface area contributed by atoms with Crippen LogP contribution in [0.3, 0.4) is 0 Å². The van der Waals surface area contributed by atoms with E-state index in [1.54, 1.807) is 6.26 Å². The normalized spacial score (nSPS) is 33.6. The molecule has 0 radical (unpaired) electrons. The van der Waals surface area contributed by atoms with E-state index in [9.17, 15) is 19.5 Å². The monoisotopic (exact) mass is 355 g/mol. The average Bonchev–Trinajstić information content (AvgIpc) is 2.47. The second kappa shape index (κ2) is 9.96. The number of hydrogen-bond acceptors (Lipinski definition) is 8. The SMILES string of the molecule is CS(=O)CCCCCC(=N)S[C@@H]1O[C@H](CO)[C@@H](O)[C@H](O)[C@H]1O. The van der Waals surface area contributed by atoms with Crippen LogP contribution in [-0.4, -0.2) is 78.1 Å². The lowest BCUT2D eigenvalue weighted by Gasteiger charge is -2.39. The third-order valence-corrected chi connectivity index (χ3v) is 5.42. The molecule has 0 amide bonds. The molecule has 0 spiro atoms. The van der Waals surface area contributed by atoms with Crippen molar-refractivity contribution in [1.82, 2.24) is 0 Å². The van der Waals surface area contributed by atoms with Gasteiger partial charge in [0.05, 0.1) is 11.7 Å². The highest BCUT2D eigenvalue weighted by Crippen LogP contribution is 2.30. The third-order valence-electron chi connectivity index (χ3n) is 3.44. The van der Waals surface area contributed by atoms with Gasteiger partial charge in [0.2, 0.25) is 0 Å². The Kier molecular flexibility index (Phi) is 9.07. The lowest BCUT2D eigenvalue weighted by Crippen LogP contribution is -2.57. The van der Waals surface area contributed by atoms with Crippen molar-refractivity contribution in [1.29, 1.82) is 5.41 Å². The zero-order valence-electron chi connectivity index (χ0n) is 12.6. The van der Waals surface area contributed by atoms with Gasteiger partial charge in [-0.1, -0.05) is 18.2 Å². The van der Waals surface area contributed by atoms with Gasteiger partial charge in [-0.05, 0) is 19.3 Å². The van der Waals surface area contributed by atoms with Gasteiger partial charge in [-0.25, -0.2) is 0 Å². The van der Waals surface area contributed by atoms with E-state index in [0.717, 1.165) is 31.0 Å². The van der Waals surface area contributed by atoms with Crippen molar-refractivity contribution in [2.75, 3.05) is 18.6 Å². The first-order valence-electron chi connectivity index (χ1n) is 7.21. The van der Waals surface area contributed by atoms with E-state index in [2.05, 4.69) is 0 Å². The zero-order valence-corrected chi connectivity index (χ0v) is 14.2. The molecule has 130 valence electrons. The summed E-state index contributed by atoms with van der Waals surface area (Å²) in [5.41, 5.74) is -0.883. The number of hydrogen-bond donors (Lipinski definition) is 5. The number of nitrogens with one attached hydrogen (secondary N) is 1. The van der Waals surface area contributed by atoms with Crippen molar-refractivity contribution in [3.8, 4) is 0 Å². The van der Waals surface area contributed by atoms with Gasteiger partial charge >= 0.3 is 0 Å². The molecular formula is C13H25NO6S2. The predicted molar refractivity (Wildman–Crippen MR) is 86.5 cm³/mol. The van der Waals surface area contributed by atoms with Gasteiger partial charge in [-0.2, -0.15) is 0 Å². The highest BCUT2D eigenvalue weighted by Gasteiger charge is 2.43. The summed E-state index contributed by atoms with van der Waals surface area (Å²) in [4.78, 5) is 0. The molecule has 5 N–H and O–H groups in total. The second-order valence-corrected chi connectivity index (χ2v) is 8.07. The van der Waals surface area contributed by atoms with E-state index in [4.69, 9.17) is 15.3 Å². The zero-order chi connectivity index (χ0) is 16.7. The van der Waals surface area contributed by atoms with E-state index >= 15 is 0 Å². The van der Waals surface area contributed by atoms with Crippen molar-refractivity contribution in [2.24, 2.45) is 0 Å². The molecular weight excluding hydrogens is 330 g/mol. The van der Waals surface area contributed by atoms with Crippen LogP contribution in [0.15, 0.2) is 0 Å². The van der Waals surface area contributed by atoms with Crippen LogP contribution in [0.4, 0.5) is 0 Å². The fourth-order valence-electron chi connectivity index (χ4n) is 2.13. The molecule has 0 bridgehead atoms. The number of unbranched alkanes of at least 4 members (excludes halogenated alkanes) is 2. The third kappa shape index (κ3) is 6.23. The smallest absolute Gasteiger partial charge is 0.137 e. The topological polar surface area (TPSA) is 131 Å². The van der Waals surface area contributed by atoms with Crippen LogP contribution >= 0.6 is 11.8 Å². The maximum Gasteiger partial charge on any atom is 0.137 e. The van der Waals surface area contributed by atoms with Gasteiger partial charge in [0, 0.05) is 22.8 Å². The first kappa shape index (κ1) is 20.0. The number of aliphatic hydroxyl groups is 4. The van der Waals surface area contributed by atoms with Crippen LogP contribution in [0.5, 0.6) is 0 Å². The quantitative estimate of drug-likeness (QED) is 0.224. The summed E-state index contributed by atoms with van der Waals surface area (Å²) in [7, 11) is -0.790. The molecule has 22 heavy (non-hydrogen) atoms. The van der Waals surface area contributed by atoms with Gasteiger partial charge in [0.25, 0.3) is 0 Å². The molecule has 1 aliphatic rings. The number of thioether (sulfide) groups is 1. The van der Waals surface area contributed by atoms with E-state index in [-0.39, 0.29) is 0 Å². The second-order valence-electron chi connectivity index (χ2n) is 5.33. The van der Waals surface area contributed by atoms with Crippen LogP contribution in [0.1, 0.15) is 25.7 Å².